The second kappa shape index (κ2) is 10.8. The van der Waals surface area contributed by atoms with Gasteiger partial charge in [-0.15, -0.1) is 0 Å². The highest BCUT2D eigenvalue weighted by atomic mass is 32.2. The number of carbonyl (C=O) groups excluding carboxylic acids is 1. The Morgan fingerprint density at radius 2 is 1.91 bits per heavy atom. The lowest BCUT2D eigenvalue weighted by Crippen LogP contribution is -2.40. The molecular formula is C25H35FN4O3S. The molecule has 1 heterocycles. The number of piperidine rings is 1. The average Bonchev–Trinajstić information content (AvgIpc) is 2.75. The molecule has 0 bridgehead atoms. The van der Waals surface area contributed by atoms with Crippen LogP contribution in [-0.4, -0.2) is 51.4 Å². The van der Waals surface area contributed by atoms with Gasteiger partial charge in [0.15, 0.2) is 0 Å². The molecule has 1 saturated heterocycles. The van der Waals surface area contributed by atoms with Crippen LogP contribution in [0.15, 0.2) is 47.4 Å². The molecule has 3 N–H and O–H groups in total. The lowest BCUT2D eigenvalue weighted by molar-refractivity contribution is 0.0936. The van der Waals surface area contributed by atoms with Gasteiger partial charge in [-0.3, -0.25) is 4.79 Å². The molecule has 1 atom stereocenters. The third-order valence-electron chi connectivity index (χ3n) is 5.63. The van der Waals surface area contributed by atoms with Crippen molar-refractivity contribution >= 4 is 21.6 Å². The maximum atomic E-state index is 14.0. The Morgan fingerprint density at radius 3 is 2.59 bits per heavy atom. The van der Waals surface area contributed by atoms with Crippen LogP contribution < -0.4 is 15.4 Å². The number of benzene rings is 2. The van der Waals surface area contributed by atoms with E-state index >= 15 is 0 Å². The summed E-state index contributed by atoms with van der Waals surface area (Å²) >= 11 is 0. The number of rotatable bonds is 8. The molecule has 1 aliphatic rings. The van der Waals surface area contributed by atoms with Gasteiger partial charge in [0.05, 0.1) is 4.90 Å². The molecule has 0 spiro atoms. The average molecular weight is 491 g/mol. The van der Waals surface area contributed by atoms with Crippen LogP contribution in [0.4, 0.5) is 10.1 Å². The monoisotopic (exact) mass is 490 g/mol. The summed E-state index contributed by atoms with van der Waals surface area (Å²) in [5.41, 5.74) is 0.403. The second-order valence-corrected chi connectivity index (χ2v) is 11.7. The van der Waals surface area contributed by atoms with Crippen LogP contribution >= 0.6 is 0 Å². The molecule has 0 aliphatic carbocycles. The first kappa shape index (κ1) is 26.1. The molecule has 2 aromatic rings. The molecule has 9 heteroatoms. The maximum absolute atomic E-state index is 14.0. The number of carbonyl (C=O) groups is 1. The summed E-state index contributed by atoms with van der Waals surface area (Å²) in [5.74, 6) is -0.339. The van der Waals surface area contributed by atoms with E-state index in [4.69, 9.17) is 0 Å². The summed E-state index contributed by atoms with van der Waals surface area (Å²) < 4.78 is 42.7. The van der Waals surface area contributed by atoms with Gasteiger partial charge in [0.25, 0.3) is 5.91 Å². The predicted octanol–water partition coefficient (Wildman–Crippen LogP) is 3.59. The van der Waals surface area contributed by atoms with Crippen molar-refractivity contribution in [1.82, 2.24) is 14.9 Å². The Bertz CT molecular complexity index is 1120. The second-order valence-electron chi connectivity index (χ2n) is 10.0. The molecule has 7 nitrogen and oxygen atoms in total. The van der Waals surface area contributed by atoms with Gasteiger partial charge in [-0.1, -0.05) is 18.2 Å². The van der Waals surface area contributed by atoms with Crippen molar-refractivity contribution < 1.29 is 17.6 Å². The first-order chi connectivity index (χ1) is 15.9. The lowest BCUT2D eigenvalue weighted by Gasteiger charge is -2.29. The van der Waals surface area contributed by atoms with Crippen LogP contribution in [0.5, 0.6) is 0 Å². The van der Waals surface area contributed by atoms with E-state index in [1.54, 1.807) is 45.0 Å². The van der Waals surface area contributed by atoms with E-state index in [1.807, 2.05) is 0 Å². The van der Waals surface area contributed by atoms with Crippen molar-refractivity contribution in [3.05, 3.63) is 59.4 Å². The molecular weight excluding hydrogens is 455 g/mol. The number of hydrogen-bond acceptors (Lipinski definition) is 5. The van der Waals surface area contributed by atoms with E-state index < -0.39 is 15.6 Å². The van der Waals surface area contributed by atoms with E-state index in [1.165, 1.54) is 18.2 Å². The van der Waals surface area contributed by atoms with Gasteiger partial charge in [0, 0.05) is 42.0 Å². The molecule has 0 aromatic heterocycles. The Balaban J connectivity index is 1.84. The first-order valence-corrected chi connectivity index (χ1v) is 13.0. The molecule has 186 valence electrons. The number of amides is 1. The van der Waals surface area contributed by atoms with E-state index in [-0.39, 0.29) is 28.7 Å². The minimum Gasteiger partial charge on any atom is -0.381 e. The normalized spacial score (nSPS) is 17.4. The first-order valence-electron chi connectivity index (χ1n) is 11.6. The molecule has 0 radical (unpaired) electrons. The molecule has 34 heavy (non-hydrogen) atoms. The Hall–Kier alpha value is -2.49. The highest BCUT2D eigenvalue weighted by Crippen LogP contribution is 2.22. The van der Waals surface area contributed by atoms with Gasteiger partial charge >= 0.3 is 0 Å². The standard InChI is InChI=1S/C25H35FN4O3S/c1-25(2,3)29-34(32,33)22-13-20(24(31)28-15-18-8-7-11-30(4)17-18)12-21(14-22)27-16-19-9-5-6-10-23(19)26/h5-6,9-10,12-14,18,27,29H,7-8,11,15-17H2,1-4H3,(H,28,31)/t18-/m1/s1. The summed E-state index contributed by atoms with van der Waals surface area (Å²) in [4.78, 5) is 15.2. The molecule has 1 fully saturated rings. The zero-order valence-electron chi connectivity index (χ0n) is 20.3. The molecule has 3 rings (SSSR count). The Labute approximate surface area is 202 Å². The number of nitrogens with one attached hydrogen (secondary N) is 3. The van der Waals surface area contributed by atoms with Gasteiger partial charge in [-0.25, -0.2) is 17.5 Å². The SMILES string of the molecule is CN1CCC[C@H](CNC(=O)c2cc(NCc3ccccc3F)cc(S(=O)(=O)NC(C)(C)C)c2)C1. The van der Waals surface area contributed by atoms with E-state index in [2.05, 4.69) is 27.3 Å². The zero-order chi connectivity index (χ0) is 24.9. The third-order valence-corrected chi connectivity index (χ3v) is 7.37. The van der Waals surface area contributed by atoms with Crippen LogP contribution in [0, 0.1) is 11.7 Å². The van der Waals surface area contributed by atoms with Crippen LogP contribution in [0.25, 0.3) is 0 Å². The minimum absolute atomic E-state index is 0.0245. The quantitative estimate of drug-likeness (QED) is 0.526. The van der Waals surface area contributed by atoms with Crippen molar-refractivity contribution in [3.63, 3.8) is 0 Å². The van der Waals surface area contributed by atoms with E-state index in [0.717, 1.165) is 25.9 Å². The number of sulfonamides is 1. The van der Waals surface area contributed by atoms with Crippen molar-refractivity contribution in [2.45, 2.75) is 50.6 Å². The van der Waals surface area contributed by atoms with Gasteiger partial charge in [-0.2, -0.15) is 0 Å². The van der Waals surface area contributed by atoms with Gasteiger partial charge in [0.1, 0.15) is 5.82 Å². The van der Waals surface area contributed by atoms with Crippen LogP contribution in [0.2, 0.25) is 0 Å². The highest BCUT2D eigenvalue weighted by Gasteiger charge is 2.24. The lowest BCUT2D eigenvalue weighted by atomic mass is 9.98. The number of anilines is 1. The fourth-order valence-electron chi connectivity index (χ4n) is 4.07. The largest absolute Gasteiger partial charge is 0.381 e. The summed E-state index contributed by atoms with van der Waals surface area (Å²) in [6, 6.07) is 10.8. The topological polar surface area (TPSA) is 90.5 Å². The number of hydrogen-bond donors (Lipinski definition) is 3. The summed E-state index contributed by atoms with van der Waals surface area (Å²) in [6.45, 7) is 7.90. The summed E-state index contributed by atoms with van der Waals surface area (Å²) in [6.07, 6.45) is 2.14. The van der Waals surface area contributed by atoms with Gasteiger partial charge in [0.2, 0.25) is 10.0 Å². The van der Waals surface area contributed by atoms with Crippen molar-refractivity contribution in [3.8, 4) is 0 Å². The summed E-state index contributed by atoms with van der Waals surface area (Å²) in [7, 11) is -1.81. The minimum atomic E-state index is -3.88. The van der Waals surface area contributed by atoms with E-state index in [9.17, 15) is 17.6 Å². The Morgan fingerprint density at radius 1 is 1.18 bits per heavy atom. The van der Waals surface area contributed by atoms with Crippen molar-refractivity contribution in [2.24, 2.45) is 5.92 Å². The van der Waals surface area contributed by atoms with Crippen LogP contribution in [0.1, 0.15) is 49.5 Å². The number of nitrogens with zero attached hydrogens (tertiary/aromatic N) is 1. The van der Waals surface area contributed by atoms with Gasteiger partial charge < -0.3 is 15.5 Å². The maximum Gasteiger partial charge on any atom is 0.251 e. The van der Waals surface area contributed by atoms with Gasteiger partial charge in [-0.05, 0) is 77.4 Å². The zero-order valence-corrected chi connectivity index (χ0v) is 21.1. The van der Waals surface area contributed by atoms with Crippen LogP contribution in [0.3, 0.4) is 0 Å². The number of likely N-dealkylation sites (tertiary alicyclic amines) is 1. The summed E-state index contributed by atoms with van der Waals surface area (Å²) in [5, 5.41) is 6.02. The molecule has 0 unspecified atom stereocenters. The highest BCUT2D eigenvalue weighted by molar-refractivity contribution is 7.89. The molecule has 1 aliphatic heterocycles. The molecule has 2 aromatic carbocycles. The predicted molar refractivity (Wildman–Crippen MR) is 133 cm³/mol. The molecule has 0 saturated carbocycles. The Kier molecular flexibility index (Phi) is 8.33. The smallest absolute Gasteiger partial charge is 0.251 e. The number of halogens is 1. The third kappa shape index (κ3) is 7.51. The van der Waals surface area contributed by atoms with Crippen LogP contribution in [-0.2, 0) is 16.6 Å². The molecule has 1 amide bonds. The fourth-order valence-corrected chi connectivity index (χ4v) is 5.56. The fraction of sp³-hybridized carbons (Fsp3) is 0.480. The van der Waals surface area contributed by atoms with E-state index in [0.29, 0.717) is 23.7 Å². The van der Waals surface area contributed by atoms with Crippen molar-refractivity contribution in [2.75, 3.05) is 32.0 Å². The van der Waals surface area contributed by atoms with Crippen molar-refractivity contribution in [1.29, 1.82) is 0 Å².